The fraction of sp³-hybridized carbons (Fsp3) is 0.267. The van der Waals surface area contributed by atoms with Gasteiger partial charge in [-0.1, -0.05) is 12.1 Å². The van der Waals surface area contributed by atoms with E-state index in [1.165, 1.54) is 0 Å². The van der Waals surface area contributed by atoms with Crippen molar-refractivity contribution in [2.24, 2.45) is 7.05 Å². The Hall–Kier alpha value is -2.21. The number of benzene rings is 1. The Labute approximate surface area is 125 Å². The highest BCUT2D eigenvalue weighted by Crippen LogP contribution is 2.35. The van der Waals surface area contributed by atoms with Crippen molar-refractivity contribution in [1.82, 2.24) is 19.7 Å². The van der Waals surface area contributed by atoms with Crippen molar-refractivity contribution < 1.29 is 4.79 Å². The zero-order valence-electron chi connectivity index (χ0n) is 11.8. The number of para-hydroxylation sites is 1. The highest BCUT2D eigenvalue weighted by molar-refractivity contribution is 7.18. The largest absolute Gasteiger partial charge is 0.323 e. The van der Waals surface area contributed by atoms with Crippen LogP contribution in [0.15, 0.2) is 30.5 Å². The van der Waals surface area contributed by atoms with Gasteiger partial charge in [0.05, 0.1) is 40.3 Å². The van der Waals surface area contributed by atoms with Crippen molar-refractivity contribution in [2.75, 3.05) is 0 Å². The molecule has 1 atom stereocenters. The van der Waals surface area contributed by atoms with Crippen LogP contribution in [0.3, 0.4) is 0 Å². The molecular formula is C15H14N4OS. The smallest absolute Gasteiger partial charge is 0.258 e. The van der Waals surface area contributed by atoms with E-state index in [4.69, 9.17) is 0 Å². The van der Waals surface area contributed by atoms with Crippen LogP contribution < -0.4 is 0 Å². The standard InChI is InChI=1S/C15H14N4OS/c1-9-14-10(7-16-18(14)2)15(20)19(9)8-13-17-11-5-3-4-6-12(11)21-13/h3-7,9H,8H2,1-2H3. The molecule has 0 saturated carbocycles. The lowest BCUT2D eigenvalue weighted by molar-refractivity contribution is 0.0718. The van der Waals surface area contributed by atoms with Crippen LogP contribution in [0, 0.1) is 0 Å². The summed E-state index contributed by atoms with van der Waals surface area (Å²) in [4.78, 5) is 19.0. The van der Waals surface area contributed by atoms with Gasteiger partial charge in [0.25, 0.3) is 5.91 Å². The van der Waals surface area contributed by atoms with Crippen LogP contribution in [-0.4, -0.2) is 25.6 Å². The summed E-state index contributed by atoms with van der Waals surface area (Å²) in [5.41, 5.74) is 2.70. The number of aryl methyl sites for hydroxylation is 1. The van der Waals surface area contributed by atoms with Gasteiger partial charge in [0.2, 0.25) is 0 Å². The molecule has 0 saturated heterocycles. The molecule has 1 aliphatic rings. The van der Waals surface area contributed by atoms with Gasteiger partial charge in [-0.3, -0.25) is 9.48 Å². The number of hydrogen-bond donors (Lipinski definition) is 0. The van der Waals surface area contributed by atoms with E-state index in [2.05, 4.69) is 16.1 Å². The molecule has 0 bridgehead atoms. The van der Waals surface area contributed by atoms with Gasteiger partial charge in [0, 0.05) is 7.05 Å². The minimum atomic E-state index is 0.0343. The van der Waals surface area contributed by atoms with Gasteiger partial charge in [0.1, 0.15) is 5.01 Å². The highest BCUT2D eigenvalue weighted by Gasteiger charge is 2.37. The van der Waals surface area contributed by atoms with Crippen LogP contribution in [0.2, 0.25) is 0 Å². The molecule has 6 heteroatoms. The van der Waals surface area contributed by atoms with E-state index in [0.29, 0.717) is 12.1 Å². The number of thiazole rings is 1. The molecule has 1 amide bonds. The number of nitrogens with zero attached hydrogens (tertiary/aromatic N) is 4. The van der Waals surface area contributed by atoms with Crippen LogP contribution in [0.5, 0.6) is 0 Å². The number of fused-ring (bicyclic) bond motifs is 2. The number of rotatable bonds is 2. The summed E-state index contributed by atoms with van der Waals surface area (Å²) in [5.74, 6) is 0.0462. The van der Waals surface area contributed by atoms with Gasteiger partial charge >= 0.3 is 0 Å². The third kappa shape index (κ3) is 1.79. The molecule has 3 heterocycles. The van der Waals surface area contributed by atoms with Crippen LogP contribution in [-0.2, 0) is 13.6 Å². The second-order valence-electron chi connectivity index (χ2n) is 5.25. The minimum Gasteiger partial charge on any atom is -0.323 e. The van der Waals surface area contributed by atoms with Crippen molar-refractivity contribution in [2.45, 2.75) is 19.5 Å². The Bertz CT molecular complexity index is 817. The van der Waals surface area contributed by atoms with Gasteiger partial charge in [-0.25, -0.2) is 4.98 Å². The second kappa shape index (κ2) is 4.39. The zero-order valence-corrected chi connectivity index (χ0v) is 12.6. The Kier molecular flexibility index (Phi) is 2.62. The summed E-state index contributed by atoms with van der Waals surface area (Å²) < 4.78 is 2.95. The molecule has 2 aromatic heterocycles. The molecule has 4 rings (SSSR count). The molecule has 21 heavy (non-hydrogen) atoms. The lowest BCUT2D eigenvalue weighted by Gasteiger charge is -2.21. The summed E-state index contributed by atoms with van der Waals surface area (Å²) >= 11 is 1.65. The maximum absolute atomic E-state index is 12.5. The molecule has 1 unspecified atom stereocenters. The van der Waals surface area contributed by atoms with Crippen LogP contribution >= 0.6 is 11.3 Å². The van der Waals surface area contributed by atoms with Crippen molar-refractivity contribution in [1.29, 1.82) is 0 Å². The van der Waals surface area contributed by atoms with Crippen molar-refractivity contribution in [3.05, 3.63) is 46.7 Å². The quantitative estimate of drug-likeness (QED) is 0.731. The maximum Gasteiger partial charge on any atom is 0.258 e. The van der Waals surface area contributed by atoms with E-state index in [1.54, 1.807) is 22.2 Å². The van der Waals surface area contributed by atoms with E-state index in [1.807, 2.05) is 37.1 Å². The van der Waals surface area contributed by atoms with Gasteiger partial charge in [0.15, 0.2) is 0 Å². The van der Waals surface area contributed by atoms with Crippen LogP contribution in [0.1, 0.15) is 34.0 Å². The van der Waals surface area contributed by atoms with E-state index in [-0.39, 0.29) is 11.9 Å². The first-order valence-corrected chi connectivity index (χ1v) is 7.64. The van der Waals surface area contributed by atoms with E-state index in [9.17, 15) is 4.79 Å². The molecular weight excluding hydrogens is 284 g/mol. The Morgan fingerprint density at radius 2 is 2.14 bits per heavy atom. The zero-order chi connectivity index (χ0) is 14.6. The SMILES string of the molecule is CC1c2c(cnn2C)C(=O)N1Cc1nc2ccccc2s1. The first-order valence-electron chi connectivity index (χ1n) is 6.82. The molecule has 0 radical (unpaired) electrons. The summed E-state index contributed by atoms with van der Waals surface area (Å²) in [6.45, 7) is 2.59. The molecule has 1 aliphatic heterocycles. The molecule has 0 fully saturated rings. The predicted molar refractivity (Wildman–Crippen MR) is 81.1 cm³/mol. The average Bonchev–Trinajstić information content (AvgIpc) is 3.11. The lowest BCUT2D eigenvalue weighted by Crippen LogP contribution is -2.27. The summed E-state index contributed by atoms with van der Waals surface area (Å²) in [5, 5.41) is 5.14. The molecule has 0 aliphatic carbocycles. The summed E-state index contributed by atoms with van der Waals surface area (Å²) in [7, 11) is 1.88. The minimum absolute atomic E-state index is 0.0343. The summed E-state index contributed by atoms with van der Waals surface area (Å²) in [6.07, 6.45) is 1.66. The Balaban J connectivity index is 1.67. The Morgan fingerprint density at radius 3 is 2.90 bits per heavy atom. The number of hydrogen-bond acceptors (Lipinski definition) is 4. The molecule has 0 spiro atoms. The number of carbonyl (C=O) groups is 1. The van der Waals surface area contributed by atoms with E-state index in [0.717, 1.165) is 20.9 Å². The molecule has 3 aromatic rings. The number of aromatic nitrogens is 3. The maximum atomic E-state index is 12.5. The number of amides is 1. The van der Waals surface area contributed by atoms with Gasteiger partial charge < -0.3 is 4.90 Å². The molecule has 1 aromatic carbocycles. The summed E-state index contributed by atoms with van der Waals surface area (Å²) in [6, 6.07) is 8.09. The number of carbonyl (C=O) groups excluding carboxylic acids is 1. The molecule has 5 nitrogen and oxygen atoms in total. The third-order valence-electron chi connectivity index (χ3n) is 3.98. The second-order valence-corrected chi connectivity index (χ2v) is 6.37. The van der Waals surface area contributed by atoms with E-state index >= 15 is 0 Å². The van der Waals surface area contributed by atoms with Crippen LogP contribution in [0.25, 0.3) is 10.2 Å². The first-order chi connectivity index (χ1) is 10.1. The van der Waals surface area contributed by atoms with E-state index < -0.39 is 0 Å². The normalized spacial score (nSPS) is 17.7. The van der Waals surface area contributed by atoms with Gasteiger partial charge in [-0.05, 0) is 19.1 Å². The average molecular weight is 298 g/mol. The molecule has 0 N–H and O–H groups in total. The monoisotopic (exact) mass is 298 g/mol. The lowest BCUT2D eigenvalue weighted by atomic mass is 10.2. The van der Waals surface area contributed by atoms with Crippen molar-refractivity contribution in [3.8, 4) is 0 Å². The fourth-order valence-corrected chi connectivity index (χ4v) is 3.89. The first kappa shape index (κ1) is 12.5. The topological polar surface area (TPSA) is 51.0 Å². The van der Waals surface area contributed by atoms with Gasteiger partial charge in [-0.2, -0.15) is 5.10 Å². The third-order valence-corrected chi connectivity index (χ3v) is 5.00. The predicted octanol–water partition coefficient (Wildman–Crippen LogP) is 2.75. The van der Waals surface area contributed by atoms with Crippen molar-refractivity contribution >= 4 is 27.5 Å². The van der Waals surface area contributed by atoms with Crippen molar-refractivity contribution in [3.63, 3.8) is 0 Å². The fourth-order valence-electron chi connectivity index (χ4n) is 2.93. The van der Waals surface area contributed by atoms with Gasteiger partial charge in [-0.15, -0.1) is 11.3 Å². The Morgan fingerprint density at radius 1 is 1.33 bits per heavy atom. The molecule has 106 valence electrons. The van der Waals surface area contributed by atoms with Crippen LogP contribution in [0.4, 0.5) is 0 Å². The highest BCUT2D eigenvalue weighted by atomic mass is 32.1.